The summed E-state index contributed by atoms with van der Waals surface area (Å²) >= 11 is 0. The van der Waals surface area contributed by atoms with Crippen LogP contribution in [0, 0.1) is 22.7 Å². The Morgan fingerprint density at radius 2 is 2.00 bits per heavy atom. The van der Waals surface area contributed by atoms with Crippen LogP contribution in [0.15, 0.2) is 47.1 Å². The Kier molecular flexibility index (Phi) is 3.35. The summed E-state index contributed by atoms with van der Waals surface area (Å²) in [5, 5.41) is 0. The van der Waals surface area contributed by atoms with E-state index in [2.05, 4.69) is 59.4 Å². The zero-order valence-electron chi connectivity index (χ0n) is 14.4. The Balaban J connectivity index is 2.02. The average Bonchev–Trinajstić information content (AvgIpc) is 2.95. The van der Waals surface area contributed by atoms with Crippen molar-refractivity contribution in [3.05, 3.63) is 47.1 Å². The molecule has 0 amide bonds. The van der Waals surface area contributed by atoms with Gasteiger partial charge < -0.3 is 0 Å². The van der Waals surface area contributed by atoms with Gasteiger partial charge in [-0.3, -0.25) is 0 Å². The summed E-state index contributed by atoms with van der Waals surface area (Å²) < 4.78 is 0. The van der Waals surface area contributed by atoms with Crippen LogP contribution in [-0.2, 0) is 0 Å². The second-order valence-corrected chi connectivity index (χ2v) is 8.08. The highest BCUT2D eigenvalue weighted by Gasteiger charge is 2.57. The average molecular weight is 282 g/mol. The van der Waals surface area contributed by atoms with Crippen molar-refractivity contribution in [2.75, 3.05) is 0 Å². The molecule has 0 heteroatoms. The summed E-state index contributed by atoms with van der Waals surface area (Å²) in [6, 6.07) is 0. The largest absolute Gasteiger partial charge is 0.0998 e. The highest BCUT2D eigenvalue weighted by Crippen LogP contribution is 2.66. The molecule has 0 aliphatic heterocycles. The molecule has 0 radical (unpaired) electrons. The van der Waals surface area contributed by atoms with Crippen LogP contribution < -0.4 is 0 Å². The first kappa shape index (κ1) is 14.9. The maximum absolute atomic E-state index is 4.32. The molecule has 0 N–H and O–H groups in total. The first-order valence-electron chi connectivity index (χ1n) is 8.55. The molecule has 0 nitrogen and oxygen atoms in total. The highest BCUT2D eigenvalue weighted by molar-refractivity contribution is 5.45. The zero-order chi connectivity index (χ0) is 15.4. The molecule has 3 rings (SSSR count). The Morgan fingerprint density at radius 1 is 1.29 bits per heavy atom. The lowest BCUT2D eigenvalue weighted by Gasteiger charge is -2.49. The molecule has 4 unspecified atom stereocenters. The van der Waals surface area contributed by atoms with E-state index in [1.807, 2.05) is 0 Å². The first-order valence-corrected chi connectivity index (χ1v) is 8.55. The molecule has 0 aromatic carbocycles. The summed E-state index contributed by atoms with van der Waals surface area (Å²) in [6.45, 7) is 16.3. The van der Waals surface area contributed by atoms with Gasteiger partial charge in [-0.15, -0.1) is 0 Å². The third-order valence-electron chi connectivity index (χ3n) is 6.97. The molecular formula is C21H30. The molecule has 114 valence electrons. The van der Waals surface area contributed by atoms with E-state index in [1.54, 1.807) is 16.7 Å². The van der Waals surface area contributed by atoms with Crippen molar-refractivity contribution >= 4 is 0 Å². The SMILES string of the molecule is C=C(CC)CC1(C)C(C)=CCC2(C)C3=CC=C(C)C3CC12. The van der Waals surface area contributed by atoms with Gasteiger partial charge in [-0.2, -0.15) is 0 Å². The maximum atomic E-state index is 4.32. The summed E-state index contributed by atoms with van der Waals surface area (Å²) in [4.78, 5) is 0. The van der Waals surface area contributed by atoms with Crippen LogP contribution in [0.1, 0.15) is 60.3 Å². The summed E-state index contributed by atoms with van der Waals surface area (Å²) in [5.74, 6) is 1.48. The van der Waals surface area contributed by atoms with Crippen LogP contribution in [0.5, 0.6) is 0 Å². The maximum Gasteiger partial charge on any atom is 0.00194 e. The molecule has 3 aliphatic rings. The second kappa shape index (κ2) is 4.73. The fraction of sp³-hybridized carbons (Fsp3) is 0.619. The molecule has 0 heterocycles. The minimum Gasteiger partial charge on any atom is -0.0998 e. The van der Waals surface area contributed by atoms with E-state index in [1.165, 1.54) is 18.4 Å². The van der Waals surface area contributed by atoms with Gasteiger partial charge in [0.15, 0.2) is 0 Å². The minimum atomic E-state index is 0.297. The first-order chi connectivity index (χ1) is 9.83. The van der Waals surface area contributed by atoms with Gasteiger partial charge in [0, 0.05) is 5.92 Å². The van der Waals surface area contributed by atoms with Gasteiger partial charge in [0.25, 0.3) is 0 Å². The van der Waals surface area contributed by atoms with Crippen molar-refractivity contribution in [1.29, 1.82) is 0 Å². The summed E-state index contributed by atoms with van der Waals surface area (Å²) in [6.07, 6.45) is 12.1. The van der Waals surface area contributed by atoms with E-state index < -0.39 is 0 Å². The van der Waals surface area contributed by atoms with Crippen molar-refractivity contribution in [3.63, 3.8) is 0 Å². The lowest BCUT2D eigenvalue weighted by atomic mass is 9.55. The second-order valence-electron chi connectivity index (χ2n) is 8.08. The van der Waals surface area contributed by atoms with E-state index in [-0.39, 0.29) is 0 Å². The Morgan fingerprint density at radius 3 is 2.67 bits per heavy atom. The predicted octanol–water partition coefficient (Wildman–Crippen LogP) is 6.23. The van der Waals surface area contributed by atoms with Gasteiger partial charge in [-0.05, 0) is 56.3 Å². The van der Waals surface area contributed by atoms with Gasteiger partial charge in [0.2, 0.25) is 0 Å². The quantitative estimate of drug-likeness (QED) is 0.538. The minimum absolute atomic E-state index is 0.297. The molecule has 1 saturated carbocycles. The van der Waals surface area contributed by atoms with Crippen LogP contribution >= 0.6 is 0 Å². The summed E-state index contributed by atoms with van der Waals surface area (Å²) in [7, 11) is 0. The van der Waals surface area contributed by atoms with Crippen molar-refractivity contribution in [3.8, 4) is 0 Å². The number of hydrogen-bond donors (Lipinski definition) is 0. The standard InChI is InChI=1S/C21H30/c1-7-14(2)13-21(6)16(4)10-11-20(5)18-9-8-15(3)17(18)12-19(20)21/h8-10,17,19H,2,7,11-13H2,1,3-6H3. The third kappa shape index (κ3) is 1.94. The van der Waals surface area contributed by atoms with Gasteiger partial charge in [0.05, 0.1) is 0 Å². The van der Waals surface area contributed by atoms with Crippen LogP contribution in [0.3, 0.4) is 0 Å². The molecule has 3 aliphatic carbocycles. The number of allylic oxidation sites excluding steroid dienone is 7. The monoisotopic (exact) mass is 282 g/mol. The molecule has 0 aromatic rings. The Bertz CT molecular complexity index is 571. The fourth-order valence-corrected chi connectivity index (χ4v) is 5.30. The molecule has 0 bridgehead atoms. The lowest BCUT2D eigenvalue weighted by Crippen LogP contribution is -2.41. The van der Waals surface area contributed by atoms with Gasteiger partial charge in [-0.1, -0.05) is 67.9 Å². The van der Waals surface area contributed by atoms with Crippen molar-refractivity contribution in [1.82, 2.24) is 0 Å². The Labute approximate surface area is 130 Å². The van der Waals surface area contributed by atoms with Crippen LogP contribution in [0.4, 0.5) is 0 Å². The third-order valence-corrected chi connectivity index (χ3v) is 6.97. The molecule has 4 atom stereocenters. The Hall–Kier alpha value is -1.04. The number of hydrogen-bond acceptors (Lipinski definition) is 0. The number of fused-ring (bicyclic) bond motifs is 3. The van der Waals surface area contributed by atoms with E-state index in [0.717, 1.165) is 18.8 Å². The zero-order valence-corrected chi connectivity index (χ0v) is 14.4. The van der Waals surface area contributed by atoms with Gasteiger partial charge >= 0.3 is 0 Å². The smallest absolute Gasteiger partial charge is 0.00194 e. The molecule has 1 fully saturated rings. The van der Waals surface area contributed by atoms with E-state index in [4.69, 9.17) is 0 Å². The molecule has 0 spiro atoms. The van der Waals surface area contributed by atoms with E-state index >= 15 is 0 Å². The highest BCUT2D eigenvalue weighted by atomic mass is 14.6. The number of rotatable bonds is 3. The summed E-state index contributed by atoms with van der Waals surface area (Å²) in [5.41, 5.74) is 6.96. The van der Waals surface area contributed by atoms with Crippen LogP contribution in [0.2, 0.25) is 0 Å². The normalized spacial score (nSPS) is 41.1. The van der Waals surface area contributed by atoms with E-state index in [9.17, 15) is 0 Å². The lowest BCUT2D eigenvalue weighted by molar-refractivity contribution is 0.108. The van der Waals surface area contributed by atoms with Crippen LogP contribution in [-0.4, -0.2) is 0 Å². The molecule has 0 aromatic heterocycles. The van der Waals surface area contributed by atoms with Gasteiger partial charge in [0.1, 0.15) is 0 Å². The molecule has 0 saturated heterocycles. The fourth-order valence-electron chi connectivity index (χ4n) is 5.30. The molecule has 21 heavy (non-hydrogen) atoms. The van der Waals surface area contributed by atoms with E-state index in [0.29, 0.717) is 16.7 Å². The molecular weight excluding hydrogens is 252 g/mol. The van der Waals surface area contributed by atoms with Crippen molar-refractivity contribution in [2.45, 2.75) is 60.3 Å². The van der Waals surface area contributed by atoms with Gasteiger partial charge in [-0.25, -0.2) is 0 Å². The predicted molar refractivity (Wildman–Crippen MR) is 92.1 cm³/mol. The van der Waals surface area contributed by atoms with Crippen LogP contribution in [0.25, 0.3) is 0 Å². The van der Waals surface area contributed by atoms with Crippen molar-refractivity contribution in [2.24, 2.45) is 22.7 Å². The topological polar surface area (TPSA) is 0 Å². The van der Waals surface area contributed by atoms with Crippen molar-refractivity contribution < 1.29 is 0 Å².